The van der Waals surface area contributed by atoms with Crippen LogP contribution >= 0.6 is 0 Å². The Labute approximate surface area is 98.5 Å². The SMILES string of the molecule is Cc1cccc2[nH]c(-c3ncccc3N)nc12. The number of pyridine rings is 1. The van der Waals surface area contributed by atoms with Crippen molar-refractivity contribution in [1.82, 2.24) is 15.0 Å². The van der Waals surface area contributed by atoms with E-state index in [0.29, 0.717) is 17.2 Å². The molecule has 3 aromatic rings. The summed E-state index contributed by atoms with van der Waals surface area (Å²) in [6.45, 7) is 2.04. The number of fused-ring (bicyclic) bond motifs is 1. The van der Waals surface area contributed by atoms with Crippen molar-refractivity contribution in [2.24, 2.45) is 0 Å². The summed E-state index contributed by atoms with van der Waals surface area (Å²) in [5.41, 5.74) is 10.3. The minimum atomic E-state index is 0.629. The van der Waals surface area contributed by atoms with Crippen LogP contribution in [0, 0.1) is 6.92 Å². The number of benzene rings is 1. The molecule has 1 aromatic carbocycles. The number of rotatable bonds is 1. The lowest BCUT2D eigenvalue weighted by molar-refractivity contribution is 1.24. The third kappa shape index (κ3) is 1.54. The minimum Gasteiger partial charge on any atom is -0.397 e. The van der Waals surface area contributed by atoms with Crippen LogP contribution in [0.15, 0.2) is 36.5 Å². The number of aromatic nitrogens is 3. The van der Waals surface area contributed by atoms with E-state index in [9.17, 15) is 0 Å². The second kappa shape index (κ2) is 3.59. The Morgan fingerprint density at radius 3 is 2.82 bits per heavy atom. The second-order valence-electron chi connectivity index (χ2n) is 4.00. The smallest absolute Gasteiger partial charge is 0.159 e. The average molecular weight is 224 g/mol. The molecule has 17 heavy (non-hydrogen) atoms. The highest BCUT2D eigenvalue weighted by atomic mass is 15.0. The molecule has 0 aliphatic heterocycles. The quantitative estimate of drug-likeness (QED) is 0.667. The highest BCUT2D eigenvalue weighted by Gasteiger charge is 2.09. The van der Waals surface area contributed by atoms with Crippen molar-refractivity contribution in [2.45, 2.75) is 6.92 Å². The van der Waals surface area contributed by atoms with E-state index >= 15 is 0 Å². The first kappa shape index (κ1) is 9.84. The number of aromatic amines is 1. The molecule has 0 aliphatic carbocycles. The number of aryl methyl sites for hydroxylation is 1. The van der Waals surface area contributed by atoms with Gasteiger partial charge in [-0.3, -0.25) is 4.98 Å². The number of hydrogen-bond acceptors (Lipinski definition) is 3. The number of para-hydroxylation sites is 1. The summed E-state index contributed by atoms with van der Waals surface area (Å²) in [7, 11) is 0. The van der Waals surface area contributed by atoms with Gasteiger partial charge in [-0.05, 0) is 30.7 Å². The molecule has 3 N–H and O–H groups in total. The van der Waals surface area contributed by atoms with Gasteiger partial charge in [0.25, 0.3) is 0 Å². The van der Waals surface area contributed by atoms with Gasteiger partial charge in [0.1, 0.15) is 5.69 Å². The fourth-order valence-electron chi connectivity index (χ4n) is 1.90. The summed E-state index contributed by atoms with van der Waals surface area (Å²) in [4.78, 5) is 12.0. The number of imidazole rings is 1. The Bertz CT molecular complexity index is 685. The Kier molecular flexibility index (Phi) is 2.08. The summed E-state index contributed by atoms with van der Waals surface area (Å²) in [5, 5.41) is 0. The van der Waals surface area contributed by atoms with E-state index in [1.54, 1.807) is 6.20 Å². The average Bonchev–Trinajstić information content (AvgIpc) is 2.75. The molecule has 2 heterocycles. The molecule has 0 saturated carbocycles. The van der Waals surface area contributed by atoms with Crippen LogP contribution in [0.2, 0.25) is 0 Å². The first-order chi connectivity index (χ1) is 8.25. The van der Waals surface area contributed by atoms with Crippen LogP contribution in [0.25, 0.3) is 22.6 Å². The van der Waals surface area contributed by atoms with Gasteiger partial charge in [0.05, 0.1) is 16.7 Å². The maximum Gasteiger partial charge on any atom is 0.159 e. The largest absolute Gasteiger partial charge is 0.397 e. The van der Waals surface area contributed by atoms with Gasteiger partial charge >= 0.3 is 0 Å². The highest BCUT2D eigenvalue weighted by molar-refractivity contribution is 5.83. The summed E-state index contributed by atoms with van der Waals surface area (Å²) < 4.78 is 0. The number of nitrogens with two attached hydrogens (primary N) is 1. The molecule has 0 radical (unpaired) electrons. The maximum atomic E-state index is 5.89. The molecule has 0 saturated heterocycles. The zero-order chi connectivity index (χ0) is 11.8. The molecule has 4 nitrogen and oxygen atoms in total. The normalized spacial score (nSPS) is 10.9. The molecule has 0 spiro atoms. The van der Waals surface area contributed by atoms with E-state index < -0.39 is 0 Å². The molecule has 3 rings (SSSR count). The fourth-order valence-corrected chi connectivity index (χ4v) is 1.90. The van der Waals surface area contributed by atoms with Gasteiger partial charge in [-0.25, -0.2) is 4.98 Å². The lowest BCUT2D eigenvalue weighted by atomic mass is 10.2. The molecule has 4 heteroatoms. The summed E-state index contributed by atoms with van der Waals surface area (Å²) in [6, 6.07) is 9.67. The molecule has 0 fully saturated rings. The Morgan fingerprint density at radius 1 is 1.18 bits per heavy atom. The zero-order valence-electron chi connectivity index (χ0n) is 9.44. The van der Waals surface area contributed by atoms with E-state index in [1.165, 1.54) is 0 Å². The molecule has 0 bridgehead atoms. The van der Waals surface area contributed by atoms with Crippen LogP contribution in [0.4, 0.5) is 5.69 Å². The first-order valence-corrected chi connectivity index (χ1v) is 5.42. The zero-order valence-corrected chi connectivity index (χ0v) is 9.44. The summed E-state index contributed by atoms with van der Waals surface area (Å²) in [5.74, 6) is 0.715. The Balaban J connectivity index is 2.26. The topological polar surface area (TPSA) is 67.6 Å². The number of anilines is 1. The van der Waals surface area contributed by atoms with E-state index in [0.717, 1.165) is 16.6 Å². The molecule has 0 unspecified atom stereocenters. The Hall–Kier alpha value is -2.36. The third-order valence-electron chi connectivity index (χ3n) is 2.78. The summed E-state index contributed by atoms with van der Waals surface area (Å²) >= 11 is 0. The van der Waals surface area contributed by atoms with Gasteiger partial charge < -0.3 is 10.7 Å². The van der Waals surface area contributed by atoms with E-state index in [1.807, 2.05) is 37.3 Å². The van der Waals surface area contributed by atoms with Crippen molar-refractivity contribution in [3.63, 3.8) is 0 Å². The monoisotopic (exact) mass is 224 g/mol. The standard InChI is InChI=1S/C13H12N4/c1-8-4-2-6-10-11(8)17-13(16-10)12-9(14)5-3-7-15-12/h2-7H,14H2,1H3,(H,16,17). The van der Waals surface area contributed by atoms with Gasteiger partial charge in [0.15, 0.2) is 5.82 Å². The second-order valence-corrected chi connectivity index (χ2v) is 4.00. The van der Waals surface area contributed by atoms with Crippen LogP contribution in [0.3, 0.4) is 0 Å². The third-order valence-corrected chi connectivity index (χ3v) is 2.78. The Morgan fingerprint density at radius 2 is 2.06 bits per heavy atom. The number of nitrogens with one attached hydrogen (secondary N) is 1. The lowest BCUT2D eigenvalue weighted by Gasteiger charge is -1.98. The fraction of sp³-hybridized carbons (Fsp3) is 0.0769. The summed E-state index contributed by atoms with van der Waals surface area (Å²) in [6.07, 6.45) is 1.71. The van der Waals surface area contributed by atoms with Crippen molar-refractivity contribution in [1.29, 1.82) is 0 Å². The molecular formula is C13H12N4. The van der Waals surface area contributed by atoms with Gasteiger partial charge in [0.2, 0.25) is 0 Å². The number of nitrogen functional groups attached to an aromatic ring is 1. The predicted molar refractivity (Wildman–Crippen MR) is 68.5 cm³/mol. The lowest BCUT2D eigenvalue weighted by Crippen LogP contribution is -1.93. The predicted octanol–water partition coefficient (Wildman–Crippen LogP) is 2.52. The van der Waals surface area contributed by atoms with Crippen LogP contribution in [-0.2, 0) is 0 Å². The van der Waals surface area contributed by atoms with Crippen molar-refractivity contribution in [3.05, 3.63) is 42.1 Å². The highest BCUT2D eigenvalue weighted by Crippen LogP contribution is 2.24. The van der Waals surface area contributed by atoms with Crippen molar-refractivity contribution >= 4 is 16.7 Å². The van der Waals surface area contributed by atoms with Crippen molar-refractivity contribution in [2.75, 3.05) is 5.73 Å². The molecule has 0 atom stereocenters. The van der Waals surface area contributed by atoms with Gasteiger partial charge in [-0.2, -0.15) is 0 Å². The van der Waals surface area contributed by atoms with Gasteiger partial charge in [-0.15, -0.1) is 0 Å². The van der Waals surface area contributed by atoms with Crippen molar-refractivity contribution in [3.8, 4) is 11.5 Å². The van der Waals surface area contributed by atoms with E-state index in [4.69, 9.17) is 5.73 Å². The van der Waals surface area contributed by atoms with Crippen LogP contribution in [0.1, 0.15) is 5.56 Å². The molecular weight excluding hydrogens is 212 g/mol. The van der Waals surface area contributed by atoms with E-state index in [-0.39, 0.29) is 0 Å². The molecule has 84 valence electrons. The first-order valence-electron chi connectivity index (χ1n) is 5.42. The number of H-pyrrole nitrogens is 1. The van der Waals surface area contributed by atoms with Gasteiger partial charge in [-0.1, -0.05) is 12.1 Å². The van der Waals surface area contributed by atoms with Gasteiger partial charge in [0, 0.05) is 6.20 Å². The van der Waals surface area contributed by atoms with E-state index in [2.05, 4.69) is 15.0 Å². The molecule has 2 aromatic heterocycles. The minimum absolute atomic E-state index is 0.629. The maximum absolute atomic E-state index is 5.89. The molecule has 0 aliphatic rings. The number of nitrogens with zero attached hydrogens (tertiary/aromatic N) is 2. The van der Waals surface area contributed by atoms with Crippen LogP contribution in [0.5, 0.6) is 0 Å². The number of hydrogen-bond donors (Lipinski definition) is 2. The van der Waals surface area contributed by atoms with Crippen LogP contribution < -0.4 is 5.73 Å². The van der Waals surface area contributed by atoms with Crippen molar-refractivity contribution < 1.29 is 0 Å². The molecule has 0 amide bonds. The van der Waals surface area contributed by atoms with Crippen LogP contribution in [-0.4, -0.2) is 15.0 Å².